The minimum Gasteiger partial charge on any atom is -0.396 e. The van der Waals surface area contributed by atoms with Crippen LogP contribution in [0.5, 0.6) is 0 Å². The van der Waals surface area contributed by atoms with E-state index in [0.717, 1.165) is 6.42 Å². The van der Waals surface area contributed by atoms with Crippen LogP contribution in [-0.2, 0) is 0 Å². The minimum atomic E-state index is 0.339. The van der Waals surface area contributed by atoms with Crippen LogP contribution in [0.25, 0.3) is 0 Å². The Balaban J connectivity index is 2.69. The molecule has 0 unspecified atom stereocenters. The molecule has 1 rings (SSSR count). The highest BCUT2D eigenvalue weighted by molar-refractivity contribution is 5.07. The smallest absolute Gasteiger partial charge is 0.0467 e. The lowest BCUT2D eigenvalue weighted by Crippen LogP contribution is -2.26. The molecule has 1 aliphatic rings. The van der Waals surface area contributed by atoms with Crippen LogP contribution in [0.2, 0.25) is 0 Å². The average Bonchev–Trinajstić information content (AvgIpc) is 1.85. The van der Waals surface area contributed by atoms with Gasteiger partial charge in [0.2, 0.25) is 0 Å². The van der Waals surface area contributed by atoms with E-state index in [2.05, 4.69) is 26.8 Å². The van der Waals surface area contributed by atoms with E-state index >= 15 is 0 Å². The summed E-state index contributed by atoms with van der Waals surface area (Å²) in [4.78, 5) is 0. The quantitative estimate of drug-likeness (QED) is 0.574. The van der Waals surface area contributed by atoms with Crippen molar-refractivity contribution in [2.45, 2.75) is 27.2 Å². The molecule has 0 amide bonds. The number of hydrogen-bond donors (Lipinski definition) is 1. The molecule has 0 aromatic heterocycles. The molecule has 0 heterocycles. The second kappa shape index (κ2) is 3.40. The third-order valence-electron chi connectivity index (χ3n) is 2.81. The molecule has 11 heavy (non-hydrogen) atoms. The molecule has 0 saturated carbocycles. The predicted octanol–water partition coefficient (Wildman–Crippen LogP) is 2.22. The molecular weight excluding hydrogens is 136 g/mol. The summed E-state index contributed by atoms with van der Waals surface area (Å²) in [7, 11) is 0. The lowest BCUT2D eigenvalue weighted by Gasteiger charge is -2.31. The van der Waals surface area contributed by atoms with Gasteiger partial charge in [-0.1, -0.05) is 25.5 Å². The Morgan fingerprint density at radius 1 is 1.55 bits per heavy atom. The van der Waals surface area contributed by atoms with Crippen LogP contribution < -0.4 is 0 Å². The van der Waals surface area contributed by atoms with Crippen molar-refractivity contribution in [3.8, 4) is 0 Å². The lowest BCUT2D eigenvalue weighted by atomic mass is 9.75. The Bertz CT molecular complexity index is 160. The lowest BCUT2D eigenvalue weighted by molar-refractivity contribution is 0.144. The molecule has 1 aliphatic carbocycles. The first-order chi connectivity index (χ1) is 5.15. The Kier molecular flexibility index (Phi) is 2.72. The van der Waals surface area contributed by atoms with Crippen molar-refractivity contribution in [2.24, 2.45) is 17.8 Å². The summed E-state index contributed by atoms with van der Waals surface area (Å²) in [5.41, 5.74) is 1.48. The number of hydrogen-bond acceptors (Lipinski definition) is 1. The van der Waals surface area contributed by atoms with Crippen molar-refractivity contribution in [3.63, 3.8) is 0 Å². The number of aliphatic hydroxyl groups excluding tert-OH is 1. The highest BCUT2D eigenvalue weighted by atomic mass is 16.3. The third kappa shape index (κ3) is 1.84. The van der Waals surface area contributed by atoms with Crippen LogP contribution in [0.15, 0.2) is 11.6 Å². The highest BCUT2D eigenvalue weighted by Crippen LogP contribution is 2.32. The predicted molar refractivity (Wildman–Crippen MR) is 47.3 cm³/mol. The molecule has 0 fully saturated rings. The summed E-state index contributed by atoms with van der Waals surface area (Å²) >= 11 is 0. The van der Waals surface area contributed by atoms with Crippen LogP contribution >= 0.6 is 0 Å². The first-order valence-electron chi connectivity index (χ1n) is 4.43. The average molecular weight is 154 g/mol. The molecule has 3 atom stereocenters. The zero-order valence-electron chi connectivity index (χ0n) is 7.67. The van der Waals surface area contributed by atoms with Crippen molar-refractivity contribution in [1.82, 2.24) is 0 Å². The molecule has 0 radical (unpaired) electrons. The summed E-state index contributed by atoms with van der Waals surface area (Å²) in [6.45, 7) is 6.95. The van der Waals surface area contributed by atoms with Crippen molar-refractivity contribution in [2.75, 3.05) is 6.61 Å². The van der Waals surface area contributed by atoms with E-state index in [4.69, 9.17) is 5.11 Å². The van der Waals surface area contributed by atoms with Gasteiger partial charge >= 0.3 is 0 Å². The first-order valence-corrected chi connectivity index (χ1v) is 4.43. The van der Waals surface area contributed by atoms with Crippen molar-refractivity contribution >= 4 is 0 Å². The molecule has 1 nitrogen and oxygen atoms in total. The van der Waals surface area contributed by atoms with Crippen LogP contribution in [0.3, 0.4) is 0 Å². The first kappa shape index (κ1) is 8.79. The van der Waals surface area contributed by atoms with Crippen molar-refractivity contribution < 1.29 is 5.11 Å². The molecule has 0 aromatic rings. The van der Waals surface area contributed by atoms with Gasteiger partial charge in [0.25, 0.3) is 0 Å². The molecule has 0 bridgehead atoms. The molecule has 64 valence electrons. The summed E-state index contributed by atoms with van der Waals surface area (Å²) in [5.74, 6) is 1.70. The van der Waals surface area contributed by atoms with Gasteiger partial charge in [-0.05, 0) is 31.1 Å². The maximum absolute atomic E-state index is 9.09. The number of aliphatic hydroxyl groups is 1. The number of rotatable bonds is 1. The topological polar surface area (TPSA) is 20.2 Å². The number of allylic oxidation sites excluding steroid dienone is 2. The van der Waals surface area contributed by atoms with Gasteiger partial charge in [-0.15, -0.1) is 0 Å². The summed E-state index contributed by atoms with van der Waals surface area (Å²) < 4.78 is 0. The SMILES string of the molecule is CC1=C[C@H](C)[C@H](CO)[C@H](C)C1. The van der Waals surface area contributed by atoms with Crippen LogP contribution in [0.4, 0.5) is 0 Å². The second-order valence-corrected chi connectivity index (χ2v) is 3.90. The molecule has 0 saturated heterocycles. The van der Waals surface area contributed by atoms with Gasteiger partial charge in [-0.25, -0.2) is 0 Å². The van der Waals surface area contributed by atoms with Crippen molar-refractivity contribution in [3.05, 3.63) is 11.6 Å². The normalized spacial score (nSPS) is 38.5. The molecule has 0 aliphatic heterocycles. The zero-order valence-corrected chi connectivity index (χ0v) is 7.67. The molecule has 1 N–H and O–H groups in total. The minimum absolute atomic E-state index is 0.339. The Morgan fingerprint density at radius 3 is 2.64 bits per heavy atom. The fourth-order valence-corrected chi connectivity index (χ4v) is 2.16. The standard InChI is InChI=1S/C10H18O/c1-7-4-8(2)10(6-11)9(3)5-7/h4,8-11H,5-6H2,1-3H3/t8-,9+,10-/m0/s1. The van der Waals surface area contributed by atoms with Gasteiger partial charge in [-0.3, -0.25) is 0 Å². The molecular formula is C10H18O. The van der Waals surface area contributed by atoms with E-state index in [-0.39, 0.29) is 0 Å². The summed E-state index contributed by atoms with van der Waals surface area (Å²) in [6.07, 6.45) is 3.45. The zero-order chi connectivity index (χ0) is 8.43. The van der Waals surface area contributed by atoms with Gasteiger partial charge in [0.15, 0.2) is 0 Å². The fourth-order valence-electron chi connectivity index (χ4n) is 2.16. The molecule has 1 heteroatoms. The van der Waals surface area contributed by atoms with E-state index in [1.54, 1.807) is 0 Å². The van der Waals surface area contributed by atoms with E-state index in [1.165, 1.54) is 5.57 Å². The van der Waals surface area contributed by atoms with Gasteiger partial charge in [0, 0.05) is 6.61 Å². The van der Waals surface area contributed by atoms with Crippen LogP contribution in [0.1, 0.15) is 27.2 Å². The van der Waals surface area contributed by atoms with Gasteiger partial charge < -0.3 is 5.11 Å². The Hall–Kier alpha value is -0.300. The van der Waals surface area contributed by atoms with E-state index < -0.39 is 0 Å². The largest absolute Gasteiger partial charge is 0.396 e. The van der Waals surface area contributed by atoms with Gasteiger partial charge in [0.1, 0.15) is 0 Å². The molecule has 0 spiro atoms. The third-order valence-corrected chi connectivity index (χ3v) is 2.81. The van der Waals surface area contributed by atoms with Gasteiger partial charge in [-0.2, -0.15) is 0 Å². The Labute approximate surface area is 69.1 Å². The molecule has 0 aromatic carbocycles. The second-order valence-electron chi connectivity index (χ2n) is 3.90. The maximum atomic E-state index is 9.09. The van der Waals surface area contributed by atoms with E-state index in [0.29, 0.717) is 24.4 Å². The Morgan fingerprint density at radius 2 is 2.18 bits per heavy atom. The van der Waals surface area contributed by atoms with Crippen molar-refractivity contribution in [1.29, 1.82) is 0 Å². The summed E-state index contributed by atoms with van der Waals surface area (Å²) in [6, 6.07) is 0. The highest BCUT2D eigenvalue weighted by Gasteiger charge is 2.25. The van der Waals surface area contributed by atoms with Crippen LogP contribution in [-0.4, -0.2) is 11.7 Å². The van der Waals surface area contributed by atoms with E-state index in [9.17, 15) is 0 Å². The van der Waals surface area contributed by atoms with Crippen LogP contribution in [0, 0.1) is 17.8 Å². The summed E-state index contributed by atoms with van der Waals surface area (Å²) in [5, 5.41) is 9.09. The van der Waals surface area contributed by atoms with E-state index in [1.807, 2.05) is 0 Å². The maximum Gasteiger partial charge on any atom is 0.0467 e. The monoisotopic (exact) mass is 154 g/mol. The van der Waals surface area contributed by atoms with Gasteiger partial charge in [0.05, 0.1) is 0 Å². The fraction of sp³-hybridized carbons (Fsp3) is 0.800.